The quantitative estimate of drug-likeness (QED) is 0.402. The molecule has 2 saturated carbocycles. The zero-order valence-corrected chi connectivity index (χ0v) is 15.8. The number of anilines is 2. The van der Waals surface area contributed by atoms with Crippen LogP contribution in [0.3, 0.4) is 0 Å². The molecule has 2 aliphatic carbocycles. The Morgan fingerprint density at radius 3 is 2.89 bits per heavy atom. The van der Waals surface area contributed by atoms with Crippen molar-refractivity contribution in [3.05, 3.63) is 6.20 Å². The highest BCUT2D eigenvalue weighted by molar-refractivity contribution is 6.05. The lowest BCUT2D eigenvalue weighted by Crippen LogP contribution is -2.36. The molecule has 5 rings (SSSR count). The largest absolute Gasteiger partial charge is 0.465 e. The topological polar surface area (TPSA) is 121 Å². The number of nitrogens with one attached hydrogen (secondary N) is 3. The van der Waals surface area contributed by atoms with Gasteiger partial charge in [-0.3, -0.25) is 10.3 Å². The molecule has 10 heteroatoms. The molecular weight excluding hydrogens is 360 g/mol. The highest BCUT2D eigenvalue weighted by Crippen LogP contribution is 2.54. The third-order valence-electron chi connectivity index (χ3n) is 5.55. The van der Waals surface area contributed by atoms with Gasteiger partial charge in [0.25, 0.3) is 5.88 Å². The van der Waals surface area contributed by atoms with E-state index in [4.69, 9.17) is 9.47 Å². The Morgan fingerprint density at radius 2 is 2.18 bits per heavy atom. The summed E-state index contributed by atoms with van der Waals surface area (Å²) in [5.74, 6) is 2.52. The van der Waals surface area contributed by atoms with Crippen LogP contribution in [0.4, 0.5) is 11.6 Å². The van der Waals surface area contributed by atoms with Crippen LogP contribution in [0.5, 0.6) is 5.88 Å². The lowest BCUT2D eigenvalue weighted by Gasteiger charge is -2.16. The van der Waals surface area contributed by atoms with Crippen molar-refractivity contribution in [3.8, 4) is 5.88 Å². The van der Waals surface area contributed by atoms with Crippen LogP contribution in [0, 0.1) is 0 Å². The summed E-state index contributed by atoms with van der Waals surface area (Å²) in [6, 6.07) is 0.293. The molecule has 3 N–H and O–H groups in total. The van der Waals surface area contributed by atoms with Gasteiger partial charge in [-0.15, -0.1) is 0 Å². The van der Waals surface area contributed by atoms with E-state index in [1.165, 1.54) is 12.8 Å². The van der Waals surface area contributed by atoms with Crippen molar-refractivity contribution < 1.29 is 9.47 Å². The van der Waals surface area contributed by atoms with Crippen LogP contribution in [0.1, 0.15) is 38.5 Å². The molecule has 3 fully saturated rings. The number of aromatic nitrogens is 2. The molecule has 0 radical (unpaired) electrons. The van der Waals surface area contributed by atoms with Gasteiger partial charge in [-0.05, 0) is 32.4 Å². The first-order chi connectivity index (χ1) is 13.7. The van der Waals surface area contributed by atoms with E-state index < -0.39 is 0 Å². The van der Waals surface area contributed by atoms with Gasteiger partial charge in [0.1, 0.15) is 11.7 Å². The Bertz CT molecular complexity index is 844. The molecule has 2 aliphatic heterocycles. The number of nitrogens with zero attached hydrogens (tertiary/aromatic N) is 5. The molecule has 10 nitrogen and oxygen atoms in total. The third kappa shape index (κ3) is 3.28. The van der Waals surface area contributed by atoms with Crippen LogP contribution in [0.15, 0.2) is 21.2 Å². The monoisotopic (exact) mass is 384 g/mol. The van der Waals surface area contributed by atoms with Crippen molar-refractivity contribution >= 4 is 30.3 Å². The molecule has 0 bridgehead atoms. The molecule has 28 heavy (non-hydrogen) atoms. The van der Waals surface area contributed by atoms with E-state index in [-0.39, 0.29) is 17.9 Å². The fraction of sp³-hybridized carbons (Fsp3) is 0.611. The van der Waals surface area contributed by atoms with E-state index in [0.717, 1.165) is 25.7 Å². The first-order valence-corrected chi connectivity index (χ1v) is 9.72. The summed E-state index contributed by atoms with van der Waals surface area (Å²) < 4.78 is 11.7. The second kappa shape index (κ2) is 6.69. The molecular formula is C18H24N8O2. The van der Waals surface area contributed by atoms with E-state index in [1.54, 1.807) is 13.2 Å². The zero-order chi connectivity index (χ0) is 19.1. The number of ether oxygens (including phenoxy) is 2. The van der Waals surface area contributed by atoms with Crippen LogP contribution in [-0.2, 0) is 4.74 Å². The van der Waals surface area contributed by atoms with Crippen molar-refractivity contribution in [2.45, 2.75) is 62.5 Å². The zero-order valence-electron chi connectivity index (χ0n) is 15.8. The standard InChI is InChI=1S/C18H24N8O2/c1-19-16(22-10-5-3-4-6-10)26-17(20-2)24-11-9-21-15-13(23-11)25-14-12(27-14)18(28-15)7-8-18/h9-10,12,14H,1,3-8H2,2H3,(H3,20,22,23,24,25,26). The number of rotatable bonds is 2. The van der Waals surface area contributed by atoms with E-state index in [2.05, 4.69) is 47.6 Å². The average Bonchev–Trinajstić information content (AvgIpc) is 3.60. The SMILES string of the molecule is C=NC(=NC1CCCC1)NC(=NC)Nc1cnc2c(n1)NC1OC1C1(CC1)O2. The van der Waals surface area contributed by atoms with Crippen molar-refractivity contribution in [2.75, 3.05) is 17.7 Å². The number of fused-ring (bicyclic) bond motifs is 3. The van der Waals surface area contributed by atoms with Crippen LogP contribution < -0.4 is 20.7 Å². The molecule has 1 aromatic rings. The lowest BCUT2D eigenvalue weighted by molar-refractivity contribution is 0.131. The van der Waals surface area contributed by atoms with Gasteiger partial charge in [0.05, 0.1) is 12.2 Å². The molecule has 0 aromatic carbocycles. The number of hydrogen-bond acceptors (Lipinski definition) is 7. The summed E-state index contributed by atoms with van der Waals surface area (Å²) in [5.41, 5.74) is -0.217. The van der Waals surface area contributed by atoms with Gasteiger partial charge in [-0.25, -0.2) is 20.0 Å². The van der Waals surface area contributed by atoms with Crippen LogP contribution in [-0.4, -0.2) is 59.6 Å². The van der Waals surface area contributed by atoms with E-state index in [9.17, 15) is 0 Å². The maximum absolute atomic E-state index is 6.07. The summed E-state index contributed by atoms with van der Waals surface area (Å²) in [7, 11) is 1.67. The maximum atomic E-state index is 6.07. The van der Waals surface area contributed by atoms with Gasteiger partial charge < -0.3 is 20.1 Å². The average molecular weight is 384 g/mol. The molecule has 3 heterocycles. The minimum Gasteiger partial charge on any atom is -0.465 e. The van der Waals surface area contributed by atoms with Crippen LogP contribution in [0.25, 0.3) is 0 Å². The minimum atomic E-state index is -0.217. The van der Waals surface area contributed by atoms with Gasteiger partial charge in [0.15, 0.2) is 17.9 Å². The van der Waals surface area contributed by atoms with E-state index in [0.29, 0.717) is 35.5 Å². The molecule has 1 saturated heterocycles. The highest BCUT2D eigenvalue weighted by Gasteiger charge is 2.66. The normalized spacial score (nSPS) is 27.8. The second-order valence-electron chi connectivity index (χ2n) is 7.57. The first kappa shape index (κ1) is 17.4. The molecule has 148 valence electrons. The van der Waals surface area contributed by atoms with Gasteiger partial charge in [0.2, 0.25) is 11.9 Å². The Labute approximate surface area is 163 Å². The van der Waals surface area contributed by atoms with Crippen molar-refractivity contribution in [1.82, 2.24) is 15.3 Å². The van der Waals surface area contributed by atoms with Crippen molar-refractivity contribution in [3.63, 3.8) is 0 Å². The molecule has 0 amide bonds. The van der Waals surface area contributed by atoms with Crippen molar-refractivity contribution in [1.29, 1.82) is 0 Å². The van der Waals surface area contributed by atoms with Gasteiger partial charge in [-0.1, -0.05) is 12.8 Å². The predicted molar refractivity (Wildman–Crippen MR) is 106 cm³/mol. The second-order valence-corrected chi connectivity index (χ2v) is 7.57. The maximum Gasteiger partial charge on any atom is 0.258 e. The molecule has 1 aromatic heterocycles. The van der Waals surface area contributed by atoms with Gasteiger partial charge >= 0.3 is 0 Å². The summed E-state index contributed by atoms with van der Waals surface area (Å²) in [5, 5.41) is 9.44. The summed E-state index contributed by atoms with van der Waals surface area (Å²) in [4.78, 5) is 21.8. The Balaban J connectivity index is 1.29. The third-order valence-corrected chi connectivity index (χ3v) is 5.55. The Hall–Kier alpha value is -2.75. The number of hydrogen-bond donors (Lipinski definition) is 3. The molecule has 1 spiro atoms. The number of epoxide rings is 1. The Morgan fingerprint density at radius 1 is 1.36 bits per heavy atom. The number of guanidine groups is 2. The Kier molecular flexibility index (Phi) is 4.15. The fourth-order valence-corrected chi connectivity index (χ4v) is 3.81. The minimum absolute atomic E-state index is 0.0548. The van der Waals surface area contributed by atoms with Crippen LogP contribution in [0.2, 0.25) is 0 Å². The fourth-order valence-electron chi connectivity index (χ4n) is 3.81. The van der Waals surface area contributed by atoms with Gasteiger partial charge in [0, 0.05) is 7.05 Å². The van der Waals surface area contributed by atoms with Gasteiger partial charge in [-0.2, -0.15) is 0 Å². The van der Waals surface area contributed by atoms with E-state index >= 15 is 0 Å². The number of aliphatic imine (C=N–C) groups is 3. The summed E-state index contributed by atoms with van der Waals surface area (Å²) in [6.07, 6.45) is 8.22. The smallest absolute Gasteiger partial charge is 0.258 e. The lowest BCUT2D eigenvalue weighted by atomic mass is 10.2. The summed E-state index contributed by atoms with van der Waals surface area (Å²) >= 11 is 0. The molecule has 4 aliphatic rings. The van der Waals surface area contributed by atoms with E-state index in [1.807, 2.05) is 0 Å². The molecule has 2 unspecified atom stereocenters. The predicted octanol–water partition coefficient (Wildman–Crippen LogP) is 1.52. The highest BCUT2D eigenvalue weighted by atomic mass is 16.6. The van der Waals surface area contributed by atoms with Crippen LogP contribution >= 0.6 is 0 Å². The van der Waals surface area contributed by atoms with Crippen molar-refractivity contribution in [2.24, 2.45) is 15.0 Å². The first-order valence-electron chi connectivity index (χ1n) is 9.72. The molecule has 2 atom stereocenters. The summed E-state index contributed by atoms with van der Waals surface area (Å²) in [6.45, 7) is 3.60.